The van der Waals surface area contributed by atoms with Crippen molar-refractivity contribution in [1.82, 2.24) is 9.80 Å². The average Bonchev–Trinajstić information content (AvgIpc) is 2.09. The van der Waals surface area contributed by atoms with Gasteiger partial charge in [-0.15, -0.1) is 0 Å². The van der Waals surface area contributed by atoms with Gasteiger partial charge in [-0.3, -0.25) is 8.37 Å². The highest BCUT2D eigenvalue weighted by molar-refractivity contribution is 7.86. The van der Waals surface area contributed by atoms with Crippen LogP contribution in [0.1, 0.15) is 0 Å². The molecule has 0 aromatic rings. The summed E-state index contributed by atoms with van der Waals surface area (Å²) in [5.41, 5.74) is 0. The van der Waals surface area contributed by atoms with E-state index in [0.29, 0.717) is 0 Å². The zero-order valence-electron chi connectivity index (χ0n) is 12.7. The van der Waals surface area contributed by atoms with Gasteiger partial charge in [-0.1, -0.05) is 0 Å². The summed E-state index contributed by atoms with van der Waals surface area (Å²) >= 11 is 0. The summed E-state index contributed by atoms with van der Waals surface area (Å²) in [5, 5.41) is 0. The van der Waals surface area contributed by atoms with Crippen molar-refractivity contribution in [2.45, 2.75) is 12.2 Å². The van der Waals surface area contributed by atoms with Crippen molar-refractivity contribution in [3.63, 3.8) is 0 Å². The molecule has 0 rings (SSSR count). The Morgan fingerprint density at radius 1 is 0.750 bits per heavy atom. The second-order valence-electron chi connectivity index (χ2n) is 5.20. The molecule has 0 heterocycles. The number of nitrogens with zero attached hydrogens (tertiary/aromatic N) is 2. The lowest BCUT2D eigenvalue weighted by Gasteiger charge is -2.29. The Hall–Kier alpha value is -0.260. The second kappa shape index (κ2) is 7.66. The van der Waals surface area contributed by atoms with E-state index in [1.807, 2.05) is 0 Å². The third-order valence-electron chi connectivity index (χ3n) is 2.10. The SMILES string of the molecule is CN(C)C[C@H](OS(C)(=O)=O)[C@@H](CN(C)C)OS(C)(=O)=O. The molecule has 20 heavy (non-hydrogen) atoms. The zero-order chi connectivity index (χ0) is 16.1. The zero-order valence-corrected chi connectivity index (χ0v) is 14.4. The maximum Gasteiger partial charge on any atom is 0.264 e. The molecule has 0 aromatic carbocycles. The molecular weight excluding hydrogens is 308 g/mol. The van der Waals surface area contributed by atoms with Crippen LogP contribution < -0.4 is 0 Å². The Labute approximate surface area is 121 Å². The van der Waals surface area contributed by atoms with Gasteiger partial charge in [0.1, 0.15) is 12.2 Å². The van der Waals surface area contributed by atoms with E-state index in [1.165, 1.54) is 0 Å². The van der Waals surface area contributed by atoms with Crippen LogP contribution in [0.15, 0.2) is 0 Å². The Morgan fingerprint density at radius 3 is 1.15 bits per heavy atom. The highest BCUT2D eigenvalue weighted by Crippen LogP contribution is 2.12. The molecule has 0 spiro atoms. The summed E-state index contributed by atoms with van der Waals surface area (Å²) in [5.74, 6) is 0. The average molecular weight is 332 g/mol. The Morgan fingerprint density at radius 2 is 1.00 bits per heavy atom. The smallest absolute Gasteiger partial charge is 0.264 e. The van der Waals surface area contributed by atoms with E-state index in [1.54, 1.807) is 38.0 Å². The summed E-state index contributed by atoms with van der Waals surface area (Å²) in [6.45, 7) is 0.419. The number of hydrogen-bond donors (Lipinski definition) is 0. The molecule has 0 unspecified atom stereocenters. The molecule has 2 atom stereocenters. The quantitative estimate of drug-likeness (QED) is 0.486. The summed E-state index contributed by atoms with van der Waals surface area (Å²) in [7, 11) is -0.539. The molecule has 0 aliphatic carbocycles. The molecule has 0 saturated carbocycles. The van der Waals surface area contributed by atoms with E-state index < -0.39 is 32.4 Å². The topological polar surface area (TPSA) is 93.2 Å². The molecule has 8 nitrogen and oxygen atoms in total. The lowest BCUT2D eigenvalue weighted by molar-refractivity contribution is 0.0320. The van der Waals surface area contributed by atoms with Gasteiger partial charge in [0.25, 0.3) is 20.2 Å². The molecule has 0 bridgehead atoms. The van der Waals surface area contributed by atoms with Crippen LogP contribution in [0, 0.1) is 0 Å². The van der Waals surface area contributed by atoms with E-state index in [0.717, 1.165) is 12.5 Å². The molecule has 0 N–H and O–H groups in total. The normalized spacial score (nSPS) is 16.6. The van der Waals surface area contributed by atoms with E-state index in [-0.39, 0.29) is 13.1 Å². The van der Waals surface area contributed by atoms with Gasteiger partial charge in [0, 0.05) is 13.1 Å². The van der Waals surface area contributed by atoms with Crippen molar-refractivity contribution in [2.75, 3.05) is 53.8 Å². The predicted octanol–water partition coefficient (Wildman–Crippen LogP) is -1.20. The molecule has 0 radical (unpaired) electrons. The van der Waals surface area contributed by atoms with Gasteiger partial charge >= 0.3 is 0 Å². The fourth-order valence-electron chi connectivity index (χ4n) is 1.59. The van der Waals surface area contributed by atoms with Gasteiger partial charge in [-0.25, -0.2) is 0 Å². The second-order valence-corrected chi connectivity index (χ2v) is 8.40. The molecule has 0 amide bonds. The fourth-order valence-corrected chi connectivity index (χ4v) is 2.86. The Kier molecular flexibility index (Phi) is 7.56. The van der Waals surface area contributed by atoms with Crippen LogP contribution in [-0.4, -0.2) is 92.6 Å². The minimum Gasteiger partial charge on any atom is -0.307 e. The van der Waals surface area contributed by atoms with Gasteiger partial charge in [-0.05, 0) is 28.2 Å². The summed E-state index contributed by atoms with van der Waals surface area (Å²) in [4.78, 5) is 3.40. The number of hydrogen-bond acceptors (Lipinski definition) is 8. The third kappa shape index (κ3) is 10.5. The van der Waals surface area contributed by atoms with E-state index in [2.05, 4.69) is 0 Å². The lowest BCUT2D eigenvalue weighted by atomic mass is 10.2. The third-order valence-corrected chi connectivity index (χ3v) is 3.30. The lowest BCUT2D eigenvalue weighted by Crippen LogP contribution is -2.46. The van der Waals surface area contributed by atoms with E-state index in [4.69, 9.17) is 8.37 Å². The van der Waals surface area contributed by atoms with Gasteiger partial charge in [0.15, 0.2) is 0 Å². The summed E-state index contributed by atoms with van der Waals surface area (Å²) in [6.07, 6.45) is 0.000283. The number of rotatable bonds is 9. The summed E-state index contributed by atoms with van der Waals surface area (Å²) in [6, 6.07) is 0. The van der Waals surface area contributed by atoms with Crippen molar-refractivity contribution in [1.29, 1.82) is 0 Å². The Balaban J connectivity index is 5.25. The maximum atomic E-state index is 11.3. The highest BCUT2D eigenvalue weighted by atomic mass is 32.2. The minimum absolute atomic E-state index is 0.209. The van der Waals surface area contributed by atoms with Gasteiger partial charge in [-0.2, -0.15) is 16.8 Å². The molecule has 0 fully saturated rings. The molecule has 0 saturated heterocycles. The predicted molar refractivity (Wildman–Crippen MR) is 76.5 cm³/mol. The molecule has 0 aliphatic rings. The molecular formula is C10H24N2O6S2. The van der Waals surface area contributed by atoms with Crippen molar-refractivity contribution >= 4 is 20.2 Å². The van der Waals surface area contributed by atoms with E-state index in [9.17, 15) is 16.8 Å². The van der Waals surface area contributed by atoms with Crippen molar-refractivity contribution in [3.05, 3.63) is 0 Å². The van der Waals surface area contributed by atoms with Crippen LogP contribution in [-0.2, 0) is 28.6 Å². The number of likely N-dealkylation sites (N-methyl/N-ethyl adjacent to an activating group) is 2. The first-order valence-corrected chi connectivity index (χ1v) is 9.49. The molecule has 0 aliphatic heterocycles. The van der Waals surface area contributed by atoms with Crippen LogP contribution >= 0.6 is 0 Å². The monoisotopic (exact) mass is 332 g/mol. The first-order chi connectivity index (χ1) is 8.80. The summed E-state index contributed by atoms with van der Waals surface area (Å²) < 4.78 is 55.2. The van der Waals surface area contributed by atoms with Crippen LogP contribution in [0.5, 0.6) is 0 Å². The van der Waals surface area contributed by atoms with Crippen LogP contribution in [0.2, 0.25) is 0 Å². The first-order valence-electron chi connectivity index (χ1n) is 5.86. The van der Waals surface area contributed by atoms with Crippen molar-refractivity contribution in [3.8, 4) is 0 Å². The molecule has 122 valence electrons. The van der Waals surface area contributed by atoms with Gasteiger partial charge < -0.3 is 9.80 Å². The van der Waals surface area contributed by atoms with Gasteiger partial charge in [0.2, 0.25) is 0 Å². The Bertz CT molecular complexity index is 440. The largest absolute Gasteiger partial charge is 0.307 e. The standard InChI is InChI=1S/C10H24N2O6S2/c1-11(2)7-9(17-19(5,13)14)10(8-12(3)4)18-20(6,15)16/h9-10H,7-8H2,1-6H3/t9-,10+. The van der Waals surface area contributed by atoms with Crippen molar-refractivity contribution in [2.24, 2.45) is 0 Å². The molecule has 0 aromatic heterocycles. The highest BCUT2D eigenvalue weighted by Gasteiger charge is 2.30. The van der Waals surface area contributed by atoms with Crippen molar-refractivity contribution < 1.29 is 25.2 Å². The van der Waals surface area contributed by atoms with Gasteiger partial charge in [0.05, 0.1) is 12.5 Å². The fraction of sp³-hybridized carbons (Fsp3) is 1.00. The van der Waals surface area contributed by atoms with Crippen LogP contribution in [0.3, 0.4) is 0 Å². The maximum absolute atomic E-state index is 11.3. The van der Waals surface area contributed by atoms with Crippen LogP contribution in [0.25, 0.3) is 0 Å². The molecule has 10 heteroatoms. The van der Waals surface area contributed by atoms with E-state index >= 15 is 0 Å². The first kappa shape index (κ1) is 19.7. The minimum atomic E-state index is -3.73. The van der Waals surface area contributed by atoms with Crippen LogP contribution in [0.4, 0.5) is 0 Å².